The van der Waals surface area contributed by atoms with Crippen molar-refractivity contribution >= 4 is 11.7 Å². The average molecular weight is 283 g/mol. The van der Waals surface area contributed by atoms with E-state index in [9.17, 15) is 4.79 Å². The molecule has 2 aromatic rings. The van der Waals surface area contributed by atoms with Gasteiger partial charge in [0, 0.05) is 12.2 Å². The van der Waals surface area contributed by atoms with Crippen molar-refractivity contribution in [2.24, 2.45) is 0 Å². The first kappa shape index (κ1) is 15.1. The van der Waals surface area contributed by atoms with Gasteiger partial charge < -0.3 is 10.1 Å². The minimum Gasteiger partial charge on any atom is -0.462 e. The van der Waals surface area contributed by atoms with Crippen LogP contribution in [0.15, 0.2) is 54.6 Å². The van der Waals surface area contributed by atoms with Crippen LogP contribution in [0.5, 0.6) is 0 Å². The lowest BCUT2D eigenvalue weighted by atomic mass is 10.1. The molecule has 0 aromatic heterocycles. The maximum Gasteiger partial charge on any atom is 0.340 e. The molecule has 2 rings (SSSR count). The normalized spacial score (nSPS) is 10.1. The molecule has 0 radical (unpaired) electrons. The second-order valence-electron chi connectivity index (χ2n) is 4.87. The zero-order valence-corrected chi connectivity index (χ0v) is 12.3. The molecule has 0 heterocycles. The Morgan fingerprint density at radius 3 is 2.52 bits per heavy atom. The molecule has 3 nitrogen and oxygen atoms in total. The van der Waals surface area contributed by atoms with Gasteiger partial charge >= 0.3 is 5.97 Å². The number of nitrogens with one attached hydrogen (secondary N) is 1. The second-order valence-corrected chi connectivity index (χ2v) is 4.87. The molecule has 0 atom stereocenters. The lowest BCUT2D eigenvalue weighted by molar-refractivity contribution is 0.0501. The topological polar surface area (TPSA) is 38.3 Å². The Balaban J connectivity index is 2.01. The summed E-state index contributed by atoms with van der Waals surface area (Å²) in [5.41, 5.74) is 2.57. The number of unbranched alkanes of at least 4 members (excludes halogenated alkanes) is 1. The van der Waals surface area contributed by atoms with Crippen molar-refractivity contribution in [2.45, 2.75) is 26.3 Å². The molecular weight excluding hydrogens is 262 g/mol. The van der Waals surface area contributed by atoms with E-state index in [1.165, 1.54) is 5.56 Å². The fourth-order valence-corrected chi connectivity index (χ4v) is 2.00. The molecule has 0 fully saturated rings. The lowest BCUT2D eigenvalue weighted by Gasteiger charge is -2.11. The summed E-state index contributed by atoms with van der Waals surface area (Å²) >= 11 is 0. The highest BCUT2D eigenvalue weighted by Crippen LogP contribution is 2.17. The number of hydrogen-bond acceptors (Lipinski definition) is 3. The van der Waals surface area contributed by atoms with Gasteiger partial charge in [-0.2, -0.15) is 0 Å². The maximum atomic E-state index is 12.1. The van der Waals surface area contributed by atoms with Gasteiger partial charge in [-0.25, -0.2) is 4.79 Å². The fraction of sp³-hybridized carbons (Fsp3) is 0.278. The van der Waals surface area contributed by atoms with Crippen LogP contribution >= 0.6 is 0 Å². The zero-order chi connectivity index (χ0) is 14.9. The minimum absolute atomic E-state index is 0.264. The third-order valence-electron chi connectivity index (χ3n) is 3.20. The second kappa shape index (κ2) is 8.10. The summed E-state index contributed by atoms with van der Waals surface area (Å²) < 4.78 is 5.28. The van der Waals surface area contributed by atoms with Crippen molar-refractivity contribution in [3.63, 3.8) is 0 Å². The third-order valence-corrected chi connectivity index (χ3v) is 3.20. The molecule has 0 bridgehead atoms. The Hall–Kier alpha value is -2.29. The van der Waals surface area contributed by atoms with E-state index in [4.69, 9.17) is 4.74 Å². The number of hydrogen-bond donors (Lipinski definition) is 1. The molecule has 0 unspecified atom stereocenters. The molecule has 1 N–H and O–H groups in total. The van der Waals surface area contributed by atoms with Crippen molar-refractivity contribution in [1.82, 2.24) is 0 Å². The van der Waals surface area contributed by atoms with Gasteiger partial charge in [0.05, 0.1) is 12.2 Å². The van der Waals surface area contributed by atoms with E-state index >= 15 is 0 Å². The van der Waals surface area contributed by atoms with E-state index in [1.54, 1.807) is 6.07 Å². The van der Waals surface area contributed by atoms with Gasteiger partial charge in [0.1, 0.15) is 0 Å². The van der Waals surface area contributed by atoms with Gasteiger partial charge in [0.2, 0.25) is 0 Å². The van der Waals surface area contributed by atoms with E-state index in [-0.39, 0.29) is 5.97 Å². The van der Waals surface area contributed by atoms with Crippen molar-refractivity contribution < 1.29 is 9.53 Å². The molecule has 0 aliphatic carbocycles. The number of para-hydroxylation sites is 1. The van der Waals surface area contributed by atoms with Crippen LogP contribution in [-0.2, 0) is 11.3 Å². The number of anilines is 1. The van der Waals surface area contributed by atoms with Gasteiger partial charge in [-0.15, -0.1) is 0 Å². The van der Waals surface area contributed by atoms with Crippen LogP contribution in [0.4, 0.5) is 5.69 Å². The molecular formula is C18H21NO2. The summed E-state index contributed by atoms with van der Waals surface area (Å²) in [6, 6.07) is 17.6. The van der Waals surface area contributed by atoms with Crippen molar-refractivity contribution in [3.05, 3.63) is 65.7 Å². The Kier molecular flexibility index (Phi) is 5.83. The summed E-state index contributed by atoms with van der Waals surface area (Å²) in [6.07, 6.45) is 1.91. The van der Waals surface area contributed by atoms with Crippen molar-refractivity contribution in [3.8, 4) is 0 Å². The molecule has 110 valence electrons. The van der Waals surface area contributed by atoms with E-state index in [0.717, 1.165) is 18.5 Å². The molecule has 21 heavy (non-hydrogen) atoms. The Labute approximate surface area is 126 Å². The summed E-state index contributed by atoms with van der Waals surface area (Å²) in [5, 5.41) is 3.30. The maximum absolute atomic E-state index is 12.1. The summed E-state index contributed by atoms with van der Waals surface area (Å²) in [4.78, 5) is 12.1. The van der Waals surface area contributed by atoms with Crippen LogP contribution in [0.25, 0.3) is 0 Å². The summed E-state index contributed by atoms with van der Waals surface area (Å²) in [5.74, 6) is -0.264. The van der Waals surface area contributed by atoms with Gasteiger partial charge in [0.15, 0.2) is 0 Å². The van der Waals surface area contributed by atoms with Crippen molar-refractivity contribution in [1.29, 1.82) is 0 Å². The smallest absolute Gasteiger partial charge is 0.340 e. The highest BCUT2D eigenvalue weighted by molar-refractivity contribution is 5.95. The fourth-order valence-electron chi connectivity index (χ4n) is 2.00. The van der Waals surface area contributed by atoms with Crippen LogP contribution in [0, 0.1) is 0 Å². The van der Waals surface area contributed by atoms with E-state index in [0.29, 0.717) is 18.7 Å². The highest BCUT2D eigenvalue weighted by Gasteiger charge is 2.11. The first-order valence-corrected chi connectivity index (χ1v) is 7.35. The molecule has 0 amide bonds. The molecule has 0 saturated carbocycles. The van der Waals surface area contributed by atoms with E-state index in [1.807, 2.05) is 36.4 Å². The number of carbonyl (C=O) groups is 1. The van der Waals surface area contributed by atoms with E-state index < -0.39 is 0 Å². The van der Waals surface area contributed by atoms with Crippen LogP contribution in [-0.4, -0.2) is 12.6 Å². The van der Waals surface area contributed by atoms with Crippen LogP contribution < -0.4 is 5.32 Å². The largest absolute Gasteiger partial charge is 0.462 e. The molecule has 0 aliphatic rings. The van der Waals surface area contributed by atoms with Crippen LogP contribution in [0.2, 0.25) is 0 Å². The van der Waals surface area contributed by atoms with Crippen LogP contribution in [0.3, 0.4) is 0 Å². The molecule has 0 saturated heterocycles. The predicted octanol–water partition coefficient (Wildman–Crippen LogP) is 4.26. The van der Waals surface area contributed by atoms with E-state index in [2.05, 4.69) is 24.4 Å². The summed E-state index contributed by atoms with van der Waals surface area (Å²) in [6.45, 7) is 3.23. The number of benzene rings is 2. The van der Waals surface area contributed by atoms with Crippen LogP contribution in [0.1, 0.15) is 35.7 Å². The molecule has 0 aliphatic heterocycles. The zero-order valence-electron chi connectivity index (χ0n) is 12.3. The number of ether oxygens (including phenoxy) is 1. The van der Waals surface area contributed by atoms with Gasteiger partial charge in [0.25, 0.3) is 0 Å². The minimum atomic E-state index is -0.264. The Morgan fingerprint density at radius 1 is 1.05 bits per heavy atom. The first-order chi connectivity index (χ1) is 10.3. The first-order valence-electron chi connectivity index (χ1n) is 7.35. The lowest BCUT2D eigenvalue weighted by Crippen LogP contribution is -2.10. The number of carbonyl (C=O) groups excluding carboxylic acids is 1. The monoisotopic (exact) mass is 283 g/mol. The van der Waals surface area contributed by atoms with Gasteiger partial charge in [-0.05, 0) is 24.1 Å². The molecule has 3 heteroatoms. The summed E-state index contributed by atoms with van der Waals surface area (Å²) in [7, 11) is 0. The molecule has 0 spiro atoms. The standard InChI is InChI=1S/C18H21NO2/c1-2-3-13-21-18(20)16-11-7-8-12-17(16)19-14-15-9-5-4-6-10-15/h4-12,19H,2-3,13-14H2,1H3. The third kappa shape index (κ3) is 4.63. The van der Waals surface area contributed by atoms with Crippen molar-refractivity contribution in [2.75, 3.05) is 11.9 Å². The highest BCUT2D eigenvalue weighted by atomic mass is 16.5. The Bertz CT molecular complexity index is 566. The number of esters is 1. The Morgan fingerprint density at radius 2 is 1.76 bits per heavy atom. The molecule has 2 aromatic carbocycles. The SMILES string of the molecule is CCCCOC(=O)c1ccccc1NCc1ccccc1. The quantitative estimate of drug-likeness (QED) is 0.609. The number of rotatable bonds is 7. The average Bonchev–Trinajstić information content (AvgIpc) is 2.54. The van der Waals surface area contributed by atoms with Gasteiger partial charge in [-0.3, -0.25) is 0 Å². The predicted molar refractivity (Wildman–Crippen MR) is 85.4 cm³/mol. The van der Waals surface area contributed by atoms with Gasteiger partial charge in [-0.1, -0.05) is 55.8 Å².